The van der Waals surface area contributed by atoms with Gasteiger partial charge in [0, 0.05) is 17.6 Å². The normalized spacial score (nSPS) is 12.0. The van der Waals surface area contributed by atoms with Gasteiger partial charge in [0.05, 0.1) is 5.75 Å². The molecule has 2 aromatic rings. The fourth-order valence-corrected chi connectivity index (χ4v) is 4.15. The number of benzene rings is 1. The zero-order valence-electron chi connectivity index (χ0n) is 17.0. The van der Waals surface area contributed by atoms with Gasteiger partial charge in [-0.3, -0.25) is 9.36 Å². The van der Waals surface area contributed by atoms with Crippen LogP contribution in [0.2, 0.25) is 0 Å². The summed E-state index contributed by atoms with van der Waals surface area (Å²) in [6, 6.07) is 9.91. The molecule has 0 aliphatic carbocycles. The van der Waals surface area contributed by atoms with Crippen molar-refractivity contribution >= 4 is 17.7 Å². The molecule has 5 nitrogen and oxygen atoms in total. The first kappa shape index (κ1) is 21.2. The first-order valence-electron chi connectivity index (χ1n) is 9.15. The molecule has 0 bridgehead atoms. The summed E-state index contributed by atoms with van der Waals surface area (Å²) in [7, 11) is 0. The van der Waals surface area contributed by atoms with Crippen LogP contribution in [-0.2, 0) is 11.3 Å². The minimum absolute atomic E-state index is 0.00339. The highest BCUT2D eigenvalue weighted by Gasteiger charge is 2.27. The van der Waals surface area contributed by atoms with Gasteiger partial charge >= 0.3 is 0 Å². The van der Waals surface area contributed by atoms with Crippen molar-refractivity contribution < 1.29 is 4.79 Å². The first-order valence-corrected chi connectivity index (χ1v) is 10.1. The Labute approximate surface area is 166 Å². The van der Waals surface area contributed by atoms with Gasteiger partial charge in [-0.25, -0.2) is 0 Å². The van der Waals surface area contributed by atoms with Gasteiger partial charge in [0.25, 0.3) is 0 Å². The molecule has 1 aromatic carbocycles. The number of aromatic nitrogens is 3. The van der Waals surface area contributed by atoms with E-state index in [2.05, 4.69) is 56.7 Å². The maximum atomic E-state index is 12.5. The summed E-state index contributed by atoms with van der Waals surface area (Å²) in [6.45, 7) is 15.1. The SMILES string of the molecule is C=CCn1c(SCC(=O)NC(C)(C)CC(C)(C)C)nnc1-c1ccccc1. The summed E-state index contributed by atoms with van der Waals surface area (Å²) in [5, 5.41) is 12.5. The third-order valence-corrected chi connectivity index (χ3v) is 4.81. The van der Waals surface area contributed by atoms with Crippen LogP contribution < -0.4 is 5.32 Å². The molecule has 146 valence electrons. The van der Waals surface area contributed by atoms with Crippen molar-refractivity contribution in [3.63, 3.8) is 0 Å². The second-order valence-electron chi connectivity index (χ2n) is 8.53. The van der Waals surface area contributed by atoms with Crippen LogP contribution in [0.4, 0.5) is 0 Å². The van der Waals surface area contributed by atoms with Gasteiger partial charge in [-0.1, -0.05) is 68.9 Å². The van der Waals surface area contributed by atoms with Crippen LogP contribution in [0.15, 0.2) is 48.1 Å². The maximum Gasteiger partial charge on any atom is 0.230 e. The number of rotatable bonds is 8. The minimum Gasteiger partial charge on any atom is -0.350 e. The van der Waals surface area contributed by atoms with Crippen LogP contribution in [0.3, 0.4) is 0 Å². The average molecular weight is 387 g/mol. The van der Waals surface area contributed by atoms with Crippen molar-refractivity contribution in [3.8, 4) is 11.4 Å². The molecule has 0 unspecified atom stereocenters. The molecule has 6 heteroatoms. The number of nitrogens with one attached hydrogen (secondary N) is 1. The van der Waals surface area contributed by atoms with Gasteiger partial charge < -0.3 is 5.32 Å². The summed E-state index contributed by atoms with van der Waals surface area (Å²) in [4.78, 5) is 12.5. The average Bonchev–Trinajstić information content (AvgIpc) is 2.94. The summed E-state index contributed by atoms with van der Waals surface area (Å²) >= 11 is 1.40. The zero-order chi connectivity index (χ0) is 20.1. The summed E-state index contributed by atoms with van der Waals surface area (Å²) in [5.41, 5.74) is 0.896. The fraction of sp³-hybridized carbons (Fsp3) is 0.476. The van der Waals surface area contributed by atoms with Crippen molar-refractivity contribution in [1.82, 2.24) is 20.1 Å². The number of nitrogens with zero attached hydrogens (tertiary/aromatic N) is 3. The molecule has 0 fully saturated rings. The molecular formula is C21H30N4OS. The number of amides is 1. The molecule has 0 aliphatic heterocycles. The standard InChI is InChI=1S/C21H30N4OS/c1-7-13-25-18(16-11-9-8-10-12-16)23-24-19(25)27-14-17(26)22-21(5,6)15-20(2,3)4/h7-12H,1,13-15H2,2-6H3,(H,22,26). The highest BCUT2D eigenvalue weighted by molar-refractivity contribution is 7.99. The lowest BCUT2D eigenvalue weighted by molar-refractivity contribution is -0.120. The lowest BCUT2D eigenvalue weighted by atomic mass is 9.82. The van der Waals surface area contributed by atoms with E-state index in [0.29, 0.717) is 12.3 Å². The molecule has 27 heavy (non-hydrogen) atoms. The van der Waals surface area contributed by atoms with E-state index in [1.54, 1.807) is 0 Å². The fourth-order valence-electron chi connectivity index (χ4n) is 3.40. The third-order valence-electron chi connectivity index (χ3n) is 3.84. The number of hydrogen-bond donors (Lipinski definition) is 1. The van der Waals surface area contributed by atoms with Crippen LogP contribution in [0, 0.1) is 5.41 Å². The summed E-state index contributed by atoms with van der Waals surface area (Å²) < 4.78 is 1.99. The van der Waals surface area contributed by atoms with Crippen LogP contribution in [-0.4, -0.2) is 32.0 Å². The molecule has 0 saturated heterocycles. The topological polar surface area (TPSA) is 59.8 Å². The van der Waals surface area contributed by atoms with Gasteiger partial charge in [0.2, 0.25) is 5.91 Å². The highest BCUT2D eigenvalue weighted by atomic mass is 32.2. The summed E-state index contributed by atoms with van der Waals surface area (Å²) in [5.74, 6) is 1.09. The van der Waals surface area contributed by atoms with Crippen molar-refractivity contribution in [2.75, 3.05) is 5.75 Å². The maximum absolute atomic E-state index is 12.5. The van der Waals surface area contributed by atoms with Crippen molar-refractivity contribution in [3.05, 3.63) is 43.0 Å². The number of carbonyl (C=O) groups excluding carboxylic acids is 1. The second kappa shape index (κ2) is 8.74. The van der Waals surface area contributed by atoms with Crippen molar-refractivity contribution in [2.24, 2.45) is 5.41 Å². The van der Waals surface area contributed by atoms with Crippen LogP contribution in [0.5, 0.6) is 0 Å². The van der Waals surface area contributed by atoms with E-state index in [1.165, 1.54) is 11.8 Å². The van der Waals surface area contributed by atoms with Gasteiger partial charge in [0.15, 0.2) is 11.0 Å². The van der Waals surface area contributed by atoms with Gasteiger partial charge in [0.1, 0.15) is 0 Å². The molecule has 1 aromatic heterocycles. The molecule has 1 N–H and O–H groups in total. The largest absolute Gasteiger partial charge is 0.350 e. The molecule has 0 aliphatic rings. The van der Waals surface area contributed by atoms with Gasteiger partial charge in [-0.2, -0.15) is 0 Å². The number of allylic oxidation sites excluding steroid dienone is 1. The van der Waals surface area contributed by atoms with Crippen LogP contribution in [0.1, 0.15) is 41.0 Å². The van der Waals surface area contributed by atoms with Crippen molar-refractivity contribution in [1.29, 1.82) is 0 Å². The minimum atomic E-state index is -0.250. The Morgan fingerprint density at radius 3 is 2.44 bits per heavy atom. The molecule has 1 amide bonds. The smallest absolute Gasteiger partial charge is 0.230 e. The van der Waals surface area contributed by atoms with E-state index in [4.69, 9.17) is 0 Å². The molecule has 0 saturated carbocycles. The second-order valence-corrected chi connectivity index (χ2v) is 9.47. The van der Waals surface area contributed by atoms with E-state index in [9.17, 15) is 4.79 Å². The van der Waals surface area contributed by atoms with E-state index in [1.807, 2.05) is 41.0 Å². The third kappa shape index (κ3) is 6.54. The van der Waals surface area contributed by atoms with Crippen molar-refractivity contribution in [2.45, 2.75) is 58.3 Å². The molecule has 1 heterocycles. The molecule has 2 rings (SSSR count). The van der Waals surface area contributed by atoms with Crippen LogP contribution in [0.25, 0.3) is 11.4 Å². The van der Waals surface area contributed by atoms with E-state index in [-0.39, 0.29) is 16.9 Å². The van der Waals surface area contributed by atoms with E-state index in [0.717, 1.165) is 23.0 Å². The Morgan fingerprint density at radius 1 is 1.19 bits per heavy atom. The first-order chi connectivity index (χ1) is 12.6. The number of carbonyl (C=O) groups is 1. The highest BCUT2D eigenvalue weighted by Crippen LogP contribution is 2.27. The lowest BCUT2D eigenvalue weighted by Gasteiger charge is -2.33. The predicted octanol–water partition coefficient (Wildman–Crippen LogP) is 4.55. The Kier molecular flexibility index (Phi) is 6.87. The van der Waals surface area contributed by atoms with Gasteiger partial charge in [-0.05, 0) is 25.7 Å². The number of hydrogen-bond acceptors (Lipinski definition) is 4. The van der Waals surface area contributed by atoms with E-state index < -0.39 is 0 Å². The van der Waals surface area contributed by atoms with E-state index >= 15 is 0 Å². The Bertz CT molecular complexity index is 775. The molecule has 0 radical (unpaired) electrons. The zero-order valence-corrected chi connectivity index (χ0v) is 17.8. The quantitative estimate of drug-likeness (QED) is 0.534. The number of thioether (sulfide) groups is 1. The Morgan fingerprint density at radius 2 is 1.85 bits per heavy atom. The summed E-state index contributed by atoms with van der Waals surface area (Å²) in [6.07, 6.45) is 2.72. The molecule has 0 atom stereocenters. The molecule has 0 spiro atoms. The Hall–Kier alpha value is -2.08. The monoisotopic (exact) mass is 386 g/mol. The van der Waals surface area contributed by atoms with Crippen LogP contribution >= 0.6 is 11.8 Å². The lowest BCUT2D eigenvalue weighted by Crippen LogP contribution is -2.46. The molecular weight excluding hydrogens is 356 g/mol. The predicted molar refractivity (Wildman–Crippen MR) is 113 cm³/mol. The Balaban J connectivity index is 2.06. The van der Waals surface area contributed by atoms with Gasteiger partial charge in [-0.15, -0.1) is 16.8 Å².